The lowest BCUT2D eigenvalue weighted by Crippen LogP contribution is -2.23. The number of fused-ring (bicyclic) bond motifs is 1. The molecular weight excluding hydrogens is 418 g/mol. The fourth-order valence-corrected chi connectivity index (χ4v) is 4.82. The van der Waals surface area contributed by atoms with Crippen molar-refractivity contribution in [2.45, 2.75) is 30.7 Å². The Morgan fingerprint density at radius 1 is 1.07 bits per heavy atom. The molecule has 0 fully saturated rings. The van der Waals surface area contributed by atoms with Crippen molar-refractivity contribution in [2.24, 2.45) is 0 Å². The Morgan fingerprint density at radius 2 is 1.77 bits per heavy atom. The number of amides is 1. The number of rotatable bonds is 6. The van der Waals surface area contributed by atoms with Gasteiger partial charge in [0.05, 0.1) is 21.2 Å². The summed E-state index contributed by atoms with van der Waals surface area (Å²) >= 11 is 1.35. The molecule has 1 heterocycles. The molecule has 3 aromatic rings. The van der Waals surface area contributed by atoms with E-state index in [1.165, 1.54) is 31.9 Å². The van der Waals surface area contributed by atoms with Crippen molar-refractivity contribution in [3.05, 3.63) is 59.2 Å². The number of nitrogens with zero attached hydrogens (tertiary/aromatic N) is 2. The molecule has 0 atom stereocenters. The summed E-state index contributed by atoms with van der Waals surface area (Å²) in [5, 5.41) is 4.72. The van der Waals surface area contributed by atoms with Gasteiger partial charge in [-0.15, -0.1) is 0 Å². The molecule has 0 aliphatic carbocycles. The zero-order valence-electron chi connectivity index (χ0n) is 17.7. The summed E-state index contributed by atoms with van der Waals surface area (Å²) in [6.07, 6.45) is 0. The van der Waals surface area contributed by atoms with Crippen molar-refractivity contribution < 1.29 is 13.2 Å². The summed E-state index contributed by atoms with van der Waals surface area (Å²) in [5.41, 5.74) is 4.15. The zero-order valence-corrected chi connectivity index (χ0v) is 19.3. The minimum absolute atomic E-state index is 0.158. The van der Waals surface area contributed by atoms with Gasteiger partial charge in [0.15, 0.2) is 0 Å². The third-order valence-electron chi connectivity index (χ3n) is 4.94. The van der Waals surface area contributed by atoms with E-state index < -0.39 is 10.0 Å². The first-order valence-electron chi connectivity index (χ1n) is 9.42. The number of anilines is 1. The van der Waals surface area contributed by atoms with Crippen LogP contribution in [-0.2, 0) is 14.8 Å². The number of aryl methyl sites for hydroxylation is 2. The molecule has 8 heteroatoms. The maximum atomic E-state index is 12.6. The Hall–Kier alpha value is -2.42. The van der Waals surface area contributed by atoms with Crippen molar-refractivity contribution in [2.75, 3.05) is 25.2 Å². The first-order valence-corrected chi connectivity index (χ1v) is 11.8. The molecule has 3 rings (SSSR count). The van der Waals surface area contributed by atoms with E-state index in [1.54, 1.807) is 6.07 Å². The topological polar surface area (TPSA) is 79.4 Å². The number of sulfonamides is 1. The number of thioether (sulfide) groups is 1. The van der Waals surface area contributed by atoms with E-state index in [0.29, 0.717) is 5.69 Å². The van der Waals surface area contributed by atoms with Crippen LogP contribution in [0, 0.1) is 20.8 Å². The summed E-state index contributed by atoms with van der Waals surface area (Å²) in [4.78, 5) is 17.3. The molecule has 2 aromatic carbocycles. The molecule has 0 aliphatic heterocycles. The Morgan fingerprint density at radius 3 is 2.47 bits per heavy atom. The molecule has 0 radical (unpaired) electrons. The van der Waals surface area contributed by atoms with Crippen molar-refractivity contribution in [1.29, 1.82) is 0 Å². The predicted molar refractivity (Wildman–Crippen MR) is 123 cm³/mol. The molecule has 1 N–H and O–H groups in total. The Balaban J connectivity index is 1.77. The lowest BCUT2D eigenvalue weighted by Gasteiger charge is -2.16. The highest BCUT2D eigenvalue weighted by Crippen LogP contribution is 2.27. The minimum Gasteiger partial charge on any atom is -0.325 e. The molecule has 0 bridgehead atoms. The smallest absolute Gasteiger partial charge is 0.242 e. The number of hydrogen-bond donors (Lipinski definition) is 1. The summed E-state index contributed by atoms with van der Waals surface area (Å²) in [6.45, 7) is 5.71. The summed E-state index contributed by atoms with van der Waals surface area (Å²) < 4.78 is 26.1. The van der Waals surface area contributed by atoms with Crippen molar-refractivity contribution >= 4 is 44.3 Å². The maximum Gasteiger partial charge on any atom is 0.242 e. The van der Waals surface area contributed by atoms with Gasteiger partial charge in [-0.3, -0.25) is 4.79 Å². The van der Waals surface area contributed by atoms with Gasteiger partial charge in [-0.1, -0.05) is 30.0 Å². The fourth-order valence-electron chi connectivity index (χ4n) is 3.03. The van der Waals surface area contributed by atoms with Crippen molar-refractivity contribution in [1.82, 2.24) is 9.29 Å². The number of pyridine rings is 1. The monoisotopic (exact) mass is 443 g/mol. The molecule has 158 valence electrons. The number of hydrogen-bond acceptors (Lipinski definition) is 5. The van der Waals surface area contributed by atoms with E-state index in [-0.39, 0.29) is 16.6 Å². The van der Waals surface area contributed by atoms with Gasteiger partial charge in [0, 0.05) is 25.2 Å². The Kier molecular flexibility index (Phi) is 6.50. The third kappa shape index (κ3) is 4.66. The summed E-state index contributed by atoms with van der Waals surface area (Å²) in [6, 6.07) is 13.0. The molecule has 6 nitrogen and oxygen atoms in total. The van der Waals surface area contributed by atoms with Crippen molar-refractivity contribution in [3.8, 4) is 0 Å². The molecule has 0 saturated heterocycles. The molecule has 0 aliphatic rings. The van der Waals surface area contributed by atoms with E-state index in [0.717, 1.165) is 36.9 Å². The van der Waals surface area contributed by atoms with Crippen LogP contribution in [0.25, 0.3) is 10.9 Å². The second-order valence-electron chi connectivity index (χ2n) is 7.33. The van der Waals surface area contributed by atoms with Crippen LogP contribution >= 0.6 is 11.8 Å². The second-order valence-corrected chi connectivity index (χ2v) is 10.5. The number of aromatic nitrogens is 1. The van der Waals surface area contributed by atoms with E-state index in [9.17, 15) is 13.2 Å². The maximum absolute atomic E-state index is 12.6. The van der Waals surface area contributed by atoms with Gasteiger partial charge in [0.2, 0.25) is 15.9 Å². The Bertz CT molecular complexity index is 1220. The van der Waals surface area contributed by atoms with Gasteiger partial charge in [-0.2, -0.15) is 0 Å². The van der Waals surface area contributed by atoms with E-state index in [2.05, 4.69) is 10.3 Å². The highest BCUT2D eigenvalue weighted by atomic mass is 32.2. The van der Waals surface area contributed by atoms with Gasteiger partial charge in [0.25, 0.3) is 0 Å². The summed E-state index contributed by atoms with van der Waals surface area (Å²) in [5.74, 6) is -0.0389. The largest absolute Gasteiger partial charge is 0.325 e. The minimum atomic E-state index is -3.59. The van der Waals surface area contributed by atoms with Crippen LogP contribution in [0.2, 0.25) is 0 Å². The number of para-hydroxylation sites is 1. The van der Waals surface area contributed by atoms with Crippen LogP contribution in [0.4, 0.5) is 5.69 Å². The van der Waals surface area contributed by atoms with Crippen LogP contribution in [0.1, 0.15) is 16.7 Å². The number of benzene rings is 2. The first-order chi connectivity index (χ1) is 14.1. The standard InChI is InChI=1S/C22H25N3O3S2/c1-14-10-17(30(27,28)25(4)5)12-20(16(14)3)23-21(26)13-29-22-11-15(2)18-8-6-7-9-19(18)24-22/h6-12H,13H2,1-5H3,(H,23,26). The van der Waals surface area contributed by atoms with Crippen molar-refractivity contribution in [3.63, 3.8) is 0 Å². The quantitative estimate of drug-likeness (QED) is 0.579. The van der Waals surface area contributed by atoms with Crippen LogP contribution in [0.3, 0.4) is 0 Å². The zero-order chi connectivity index (χ0) is 22.1. The molecule has 30 heavy (non-hydrogen) atoms. The van der Waals surface area contributed by atoms with E-state index >= 15 is 0 Å². The molecule has 1 amide bonds. The number of carbonyl (C=O) groups is 1. The average Bonchev–Trinajstić information content (AvgIpc) is 2.69. The van der Waals surface area contributed by atoms with Gasteiger partial charge in [-0.25, -0.2) is 17.7 Å². The number of nitrogens with one attached hydrogen (secondary N) is 1. The summed E-state index contributed by atoms with van der Waals surface area (Å²) in [7, 11) is -0.620. The first kappa shape index (κ1) is 22.3. The van der Waals surface area contributed by atoms with E-state index in [4.69, 9.17) is 0 Å². The highest BCUT2D eigenvalue weighted by molar-refractivity contribution is 7.99. The van der Waals surface area contributed by atoms with Gasteiger partial charge in [0.1, 0.15) is 0 Å². The molecule has 1 aromatic heterocycles. The molecule has 0 spiro atoms. The predicted octanol–water partition coefficient (Wildman–Crippen LogP) is 4.14. The van der Waals surface area contributed by atoms with Crippen LogP contribution in [0.15, 0.2) is 52.4 Å². The van der Waals surface area contributed by atoms with Gasteiger partial charge < -0.3 is 5.32 Å². The SMILES string of the molecule is Cc1cc(S(=O)(=O)N(C)C)cc(NC(=O)CSc2cc(C)c3ccccc3n2)c1C. The normalized spacial score (nSPS) is 11.8. The Labute approximate surface area is 181 Å². The molecule has 0 saturated carbocycles. The molecular formula is C22H25N3O3S2. The van der Waals surface area contributed by atoms with Gasteiger partial charge in [-0.05, 0) is 61.7 Å². The van der Waals surface area contributed by atoms with Crippen LogP contribution in [-0.4, -0.2) is 43.5 Å². The van der Waals surface area contributed by atoms with Crippen LogP contribution in [0.5, 0.6) is 0 Å². The lowest BCUT2D eigenvalue weighted by atomic mass is 10.1. The van der Waals surface area contributed by atoms with Crippen LogP contribution < -0.4 is 5.32 Å². The second kappa shape index (κ2) is 8.75. The fraction of sp³-hybridized carbons (Fsp3) is 0.273. The van der Waals surface area contributed by atoms with E-state index in [1.807, 2.05) is 51.1 Å². The van der Waals surface area contributed by atoms with Gasteiger partial charge >= 0.3 is 0 Å². The molecule has 0 unspecified atom stereocenters. The highest BCUT2D eigenvalue weighted by Gasteiger charge is 2.20. The average molecular weight is 444 g/mol. The number of carbonyl (C=O) groups excluding carboxylic acids is 1. The lowest BCUT2D eigenvalue weighted by molar-refractivity contribution is -0.113. The third-order valence-corrected chi connectivity index (χ3v) is 7.65.